The predicted molar refractivity (Wildman–Crippen MR) is 103 cm³/mol. The van der Waals surface area contributed by atoms with Gasteiger partial charge in [0.05, 0.1) is 16.3 Å². The van der Waals surface area contributed by atoms with Gasteiger partial charge in [0, 0.05) is 24.7 Å². The van der Waals surface area contributed by atoms with Crippen LogP contribution in [0.15, 0.2) is 48.5 Å². The van der Waals surface area contributed by atoms with Crippen LogP contribution in [0.1, 0.15) is 41.2 Å². The van der Waals surface area contributed by atoms with Crippen LogP contribution < -0.4 is 5.32 Å². The third-order valence-electron chi connectivity index (χ3n) is 4.56. The van der Waals surface area contributed by atoms with Crippen molar-refractivity contribution in [2.24, 2.45) is 0 Å². The van der Waals surface area contributed by atoms with Gasteiger partial charge in [-0.25, -0.2) is 4.98 Å². The van der Waals surface area contributed by atoms with E-state index in [4.69, 9.17) is 4.98 Å². The first kappa shape index (κ1) is 16.7. The number of hydrogen-bond acceptors (Lipinski definition) is 4. The number of carbonyl (C=O) groups is 2. The molecule has 1 aliphatic rings. The number of thiazole rings is 1. The Morgan fingerprint density at radius 2 is 1.92 bits per heavy atom. The molecule has 1 aliphatic heterocycles. The Morgan fingerprint density at radius 1 is 1.15 bits per heavy atom. The minimum Gasteiger partial charge on any atom is -0.329 e. The van der Waals surface area contributed by atoms with Crippen LogP contribution in [0.3, 0.4) is 0 Å². The molecule has 1 saturated heterocycles. The number of nitrogens with zero attached hydrogens (tertiary/aromatic N) is 2. The topological polar surface area (TPSA) is 62.3 Å². The third kappa shape index (κ3) is 3.20. The molecule has 1 atom stereocenters. The number of fused-ring (bicyclic) bond motifs is 1. The molecule has 26 heavy (non-hydrogen) atoms. The fraction of sp³-hybridized carbons (Fsp3) is 0.250. The molecule has 2 amide bonds. The summed E-state index contributed by atoms with van der Waals surface area (Å²) in [6.45, 7) is 2.21. The van der Waals surface area contributed by atoms with Gasteiger partial charge in [-0.05, 0) is 49.2 Å². The summed E-state index contributed by atoms with van der Waals surface area (Å²) in [5.74, 6) is -0.111. The minimum absolute atomic E-state index is 0.0149. The summed E-state index contributed by atoms with van der Waals surface area (Å²) in [4.78, 5) is 30.8. The molecule has 0 bridgehead atoms. The van der Waals surface area contributed by atoms with Crippen molar-refractivity contribution in [3.8, 4) is 0 Å². The van der Waals surface area contributed by atoms with Crippen molar-refractivity contribution in [3.05, 3.63) is 59.1 Å². The Morgan fingerprint density at radius 3 is 2.65 bits per heavy atom. The van der Waals surface area contributed by atoms with Crippen LogP contribution in [0.2, 0.25) is 0 Å². The van der Waals surface area contributed by atoms with Gasteiger partial charge >= 0.3 is 0 Å². The van der Waals surface area contributed by atoms with Crippen molar-refractivity contribution in [1.29, 1.82) is 0 Å². The van der Waals surface area contributed by atoms with Gasteiger partial charge in [-0.3, -0.25) is 9.59 Å². The molecule has 4 rings (SSSR count). The number of likely N-dealkylation sites (tertiary alicyclic amines) is 1. The van der Waals surface area contributed by atoms with Crippen molar-refractivity contribution in [1.82, 2.24) is 9.88 Å². The first-order valence-corrected chi connectivity index (χ1v) is 9.47. The van der Waals surface area contributed by atoms with E-state index in [-0.39, 0.29) is 17.9 Å². The lowest BCUT2D eigenvalue weighted by Crippen LogP contribution is -2.30. The first-order chi connectivity index (χ1) is 12.6. The Bertz CT molecular complexity index is 932. The smallest absolute Gasteiger partial charge is 0.254 e. The SMILES string of the molecule is CC(=O)Nc1ccc(C(=O)N2CCCC2c2nc3ccccc3s2)cc1. The second kappa shape index (κ2) is 6.88. The average Bonchev–Trinajstić information content (AvgIpc) is 3.27. The monoisotopic (exact) mass is 365 g/mol. The molecule has 2 heterocycles. The van der Waals surface area contributed by atoms with Crippen molar-refractivity contribution in [2.45, 2.75) is 25.8 Å². The van der Waals surface area contributed by atoms with Gasteiger partial charge in [0.2, 0.25) is 5.91 Å². The summed E-state index contributed by atoms with van der Waals surface area (Å²) >= 11 is 1.67. The minimum atomic E-state index is -0.125. The van der Waals surface area contributed by atoms with Crippen LogP contribution in [-0.2, 0) is 4.79 Å². The van der Waals surface area contributed by atoms with Gasteiger partial charge in [0.1, 0.15) is 5.01 Å². The Labute approximate surface area is 155 Å². The molecule has 1 aromatic heterocycles. The molecule has 1 unspecified atom stereocenters. The van der Waals surface area contributed by atoms with Gasteiger partial charge in [-0.2, -0.15) is 0 Å². The van der Waals surface area contributed by atoms with Crippen molar-refractivity contribution < 1.29 is 9.59 Å². The summed E-state index contributed by atoms with van der Waals surface area (Å²) in [5.41, 5.74) is 2.32. The standard InChI is InChI=1S/C20H19N3O2S/c1-13(24)21-15-10-8-14(9-11-15)20(25)23-12-4-6-17(23)19-22-16-5-2-3-7-18(16)26-19/h2-3,5,7-11,17H,4,6,12H2,1H3,(H,21,24). The number of nitrogens with one attached hydrogen (secondary N) is 1. The molecule has 6 heteroatoms. The third-order valence-corrected chi connectivity index (χ3v) is 5.70. The normalized spacial score (nSPS) is 16.8. The molecule has 0 spiro atoms. The van der Waals surface area contributed by atoms with Crippen LogP contribution >= 0.6 is 11.3 Å². The quantitative estimate of drug-likeness (QED) is 0.755. The van der Waals surface area contributed by atoms with Crippen LogP contribution in [0.25, 0.3) is 10.2 Å². The van der Waals surface area contributed by atoms with E-state index in [2.05, 4.69) is 11.4 Å². The number of anilines is 1. The number of benzene rings is 2. The number of carbonyl (C=O) groups excluding carboxylic acids is 2. The molecular weight excluding hydrogens is 346 g/mol. The summed E-state index contributed by atoms with van der Waals surface area (Å²) in [6, 6.07) is 15.2. The molecule has 2 aromatic carbocycles. The van der Waals surface area contributed by atoms with E-state index >= 15 is 0 Å². The number of para-hydroxylation sites is 1. The fourth-order valence-corrected chi connectivity index (χ4v) is 4.48. The maximum absolute atomic E-state index is 13.0. The van der Waals surface area contributed by atoms with Crippen molar-refractivity contribution in [2.75, 3.05) is 11.9 Å². The second-order valence-corrected chi connectivity index (χ2v) is 7.50. The summed E-state index contributed by atoms with van der Waals surface area (Å²) in [6.07, 6.45) is 1.92. The summed E-state index contributed by atoms with van der Waals surface area (Å²) in [5, 5.41) is 3.72. The molecule has 132 valence electrons. The molecular formula is C20H19N3O2S. The van der Waals surface area contributed by atoms with E-state index < -0.39 is 0 Å². The number of amides is 2. The van der Waals surface area contributed by atoms with E-state index in [0.717, 1.165) is 34.6 Å². The molecule has 0 radical (unpaired) electrons. The predicted octanol–water partition coefficient (Wildman–Crippen LogP) is 4.23. The van der Waals surface area contributed by atoms with Crippen molar-refractivity contribution in [3.63, 3.8) is 0 Å². The fourth-order valence-electron chi connectivity index (χ4n) is 3.36. The van der Waals surface area contributed by atoms with E-state index in [1.165, 1.54) is 6.92 Å². The van der Waals surface area contributed by atoms with E-state index in [1.807, 2.05) is 23.1 Å². The van der Waals surface area contributed by atoms with Gasteiger partial charge in [0.15, 0.2) is 0 Å². The van der Waals surface area contributed by atoms with Crippen molar-refractivity contribution >= 4 is 39.1 Å². The highest BCUT2D eigenvalue weighted by Crippen LogP contribution is 2.37. The highest BCUT2D eigenvalue weighted by Gasteiger charge is 2.32. The molecule has 0 aliphatic carbocycles. The maximum Gasteiger partial charge on any atom is 0.254 e. The lowest BCUT2D eigenvalue weighted by molar-refractivity contribution is -0.114. The molecule has 0 saturated carbocycles. The van der Waals surface area contributed by atoms with E-state index in [9.17, 15) is 9.59 Å². The largest absolute Gasteiger partial charge is 0.329 e. The van der Waals surface area contributed by atoms with Gasteiger partial charge < -0.3 is 10.2 Å². The average molecular weight is 365 g/mol. The molecule has 5 nitrogen and oxygen atoms in total. The van der Waals surface area contributed by atoms with Crippen LogP contribution in [0.4, 0.5) is 5.69 Å². The Balaban J connectivity index is 1.57. The van der Waals surface area contributed by atoms with Gasteiger partial charge in [-0.1, -0.05) is 12.1 Å². The van der Waals surface area contributed by atoms with Gasteiger partial charge in [-0.15, -0.1) is 11.3 Å². The zero-order valence-corrected chi connectivity index (χ0v) is 15.3. The maximum atomic E-state index is 13.0. The second-order valence-electron chi connectivity index (χ2n) is 6.43. The van der Waals surface area contributed by atoms with Crippen LogP contribution in [0.5, 0.6) is 0 Å². The summed E-state index contributed by atoms with van der Waals surface area (Å²) < 4.78 is 1.15. The number of hydrogen-bond donors (Lipinski definition) is 1. The Kier molecular flexibility index (Phi) is 4.42. The lowest BCUT2D eigenvalue weighted by Gasteiger charge is -2.23. The molecule has 1 N–H and O–H groups in total. The van der Waals surface area contributed by atoms with E-state index in [1.54, 1.807) is 35.6 Å². The number of rotatable bonds is 3. The first-order valence-electron chi connectivity index (χ1n) is 8.66. The highest BCUT2D eigenvalue weighted by molar-refractivity contribution is 7.18. The lowest BCUT2D eigenvalue weighted by atomic mass is 10.1. The highest BCUT2D eigenvalue weighted by atomic mass is 32.1. The zero-order valence-electron chi connectivity index (χ0n) is 14.4. The molecule has 1 fully saturated rings. The number of aromatic nitrogens is 1. The van der Waals surface area contributed by atoms with Crippen LogP contribution in [-0.4, -0.2) is 28.2 Å². The summed E-state index contributed by atoms with van der Waals surface area (Å²) in [7, 11) is 0. The zero-order chi connectivity index (χ0) is 18.1. The molecule has 3 aromatic rings. The van der Waals surface area contributed by atoms with E-state index in [0.29, 0.717) is 11.3 Å². The van der Waals surface area contributed by atoms with Gasteiger partial charge in [0.25, 0.3) is 5.91 Å². The van der Waals surface area contributed by atoms with Crippen LogP contribution in [0, 0.1) is 0 Å². The Hall–Kier alpha value is -2.73.